The average Bonchev–Trinajstić information content (AvgIpc) is 2.76. The Bertz CT molecular complexity index is 756. The maximum absolute atomic E-state index is 12.0. The van der Waals surface area contributed by atoms with Crippen LogP contribution in [0.4, 0.5) is 0 Å². The molecule has 0 bridgehead atoms. The maximum Gasteiger partial charge on any atom is 0.304 e. The molecule has 2 N–H and O–H groups in total. The van der Waals surface area contributed by atoms with Crippen LogP contribution < -0.4 is 9.60 Å². The van der Waals surface area contributed by atoms with Crippen LogP contribution in [0.2, 0.25) is 5.15 Å². The van der Waals surface area contributed by atoms with Gasteiger partial charge in [-0.2, -0.15) is 0 Å². The minimum atomic E-state index is -3.79. The van der Waals surface area contributed by atoms with E-state index in [1.54, 1.807) is 5.38 Å². The van der Waals surface area contributed by atoms with Crippen molar-refractivity contribution in [2.75, 3.05) is 0 Å². The van der Waals surface area contributed by atoms with Gasteiger partial charge in [-0.15, -0.1) is 0 Å². The van der Waals surface area contributed by atoms with Crippen molar-refractivity contribution in [1.29, 1.82) is 0 Å². The van der Waals surface area contributed by atoms with Crippen LogP contribution in [0.1, 0.15) is 5.69 Å². The number of pyridine rings is 1. The summed E-state index contributed by atoms with van der Waals surface area (Å²) in [6.07, 6.45) is 1.40. The van der Waals surface area contributed by atoms with E-state index in [2.05, 4.69) is 30.6 Å². The number of sulfonamides is 1. The van der Waals surface area contributed by atoms with Crippen molar-refractivity contribution in [1.82, 2.24) is 14.7 Å². The standard InChI is InChI=1S/C9H7BrClN3O3S2/c10-5-1-7(8(11)12-2-5)19(16,17)13-3-6-4-18-9(15)14-6/h1-2,4,13H,3H2,(H,14,15). The van der Waals surface area contributed by atoms with Crippen LogP contribution in [-0.2, 0) is 16.6 Å². The maximum atomic E-state index is 12.0. The molecule has 0 unspecified atom stereocenters. The van der Waals surface area contributed by atoms with Crippen LogP contribution in [0, 0.1) is 0 Å². The van der Waals surface area contributed by atoms with Crippen molar-refractivity contribution in [3.8, 4) is 0 Å². The van der Waals surface area contributed by atoms with Gasteiger partial charge in [0.05, 0.1) is 6.54 Å². The summed E-state index contributed by atoms with van der Waals surface area (Å²) in [6.45, 7) is -0.0239. The minimum Gasteiger partial charge on any atom is -0.315 e. The van der Waals surface area contributed by atoms with Crippen LogP contribution in [0.15, 0.2) is 31.8 Å². The fourth-order valence-corrected chi connectivity index (χ4v) is 3.77. The quantitative estimate of drug-likeness (QED) is 0.785. The largest absolute Gasteiger partial charge is 0.315 e. The van der Waals surface area contributed by atoms with Gasteiger partial charge in [-0.1, -0.05) is 22.9 Å². The summed E-state index contributed by atoms with van der Waals surface area (Å²) in [5.74, 6) is 0. The zero-order chi connectivity index (χ0) is 14.0. The first-order valence-corrected chi connectivity index (χ1v) is 8.39. The zero-order valence-electron chi connectivity index (χ0n) is 9.18. The molecule has 0 aromatic carbocycles. The first kappa shape index (κ1) is 14.7. The number of aromatic amines is 1. The van der Waals surface area contributed by atoms with Crippen LogP contribution in [0.25, 0.3) is 0 Å². The van der Waals surface area contributed by atoms with Gasteiger partial charge in [0.1, 0.15) is 10.0 Å². The molecule has 0 aliphatic carbocycles. The average molecular weight is 385 g/mol. The van der Waals surface area contributed by atoms with Crippen molar-refractivity contribution in [2.45, 2.75) is 11.4 Å². The monoisotopic (exact) mass is 383 g/mol. The fourth-order valence-electron chi connectivity index (χ4n) is 1.24. The highest BCUT2D eigenvalue weighted by Crippen LogP contribution is 2.22. The molecular weight excluding hydrogens is 378 g/mol. The number of halogens is 2. The first-order valence-electron chi connectivity index (χ1n) is 4.86. The number of aromatic nitrogens is 2. The molecule has 6 nitrogen and oxygen atoms in total. The Morgan fingerprint density at radius 1 is 1.53 bits per heavy atom. The van der Waals surface area contributed by atoms with Crippen LogP contribution in [0.5, 0.6) is 0 Å². The molecular formula is C9H7BrClN3O3S2. The van der Waals surface area contributed by atoms with E-state index in [1.165, 1.54) is 12.3 Å². The summed E-state index contributed by atoms with van der Waals surface area (Å²) in [4.78, 5) is 16.8. The van der Waals surface area contributed by atoms with Gasteiger partial charge in [-0.3, -0.25) is 4.79 Å². The molecule has 0 fully saturated rings. The number of hydrogen-bond acceptors (Lipinski definition) is 5. The zero-order valence-corrected chi connectivity index (χ0v) is 13.2. The predicted molar refractivity (Wildman–Crippen MR) is 75.9 cm³/mol. The molecule has 0 aliphatic heterocycles. The lowest BCUT2D eigenvalue weighted by Crippen LogP contribution is -2.24. The number of rotatable bonds is 4. The molecule has 19 heavy (non-hydrogen) atoms. The Labute approximate surface area is 126 Å². The third-order valence-corrected chi connectivity index (χ3v) is 5.07. The van der Waals surface area contributed by atoms with Gasteiger partial charge >= 0.3 is 4.87 Å². The van der Waals surface area contributed by atoms with Gasteiger partial charge < -0.3 is 4.98 Å². The Hall–Kier alpha value is -0.740. The summed E-state index contributed by atoms with van der Waals surface area (Å²) >= 11 is 9.85. The minimum absolute atomic E-state index is 0.0239. The number of thiazole rings is 1. The van der Waals surface area contributed by atoms with Gasteiger partial charge in [0, 0.05) is 21.7 Å². The first-order chi connectivity index (χ1) is 8.88. The second-order valence-electron chi connectivity index (χ2n) is 3.44. The predicted octanol–water partition coefficient (Wildman–Crippen LogP) is 1.73. The second kappa shape index (κ2) is 5.71. The topological polar surface area (TPSA) is 91.9 Å². The Balaban J connectivity index is 2.23. The summed E-state index contributed by atoms with van der Waals surface area (Å²) in [5, 5.41) is 1.43. The van der Waals surface area contributed by atoms with E-state index in [9.17, 15) is 13.2 Å². The highest BCUT2D eigenvalue weighted by molar-refractivity contribution is 9.10. The van der Waals surface area contributed by atoms with Crippen molar-refractivity contribution < 1.29 is 8.42 Å². The van der Waals surface area contributed by atoms with Crippen LogP contribution >= 0.6 is 38.9 Å². The molecule has 0 saturated heterocycles. The van der Waals surface area contributed by atoms with Gasteiger partial charge in [0.2, 0.25) is 10.0 Å². The van der Waals surface area contributed by atoms with Gasteiger partial charge in [0.25, 0.3) is 0 Å². The van der Waals surface area contributed by atoms with Gasteiger partial charge in [-0.05, 0) is 22.0 Å². The molecule has 0 atom stereocenters. The molecule has 0 spiro atoms. The molecule has 0 radical (unpaired) electrons. The highest BCUT2D eigenvalue weighted by atomic mass is 79.9. The lowest BCUT2D eigenvalue weighted by molar-refractivity contribution is 0.580. The second-order valence-corrected chi connectivity index (χ2v) is 7.29. The third-order valence-electron chi connectivity index (χ3n) is 2.09. The number of hydrogen-bond donors (Lipinski definition) is 2. The lowest BCUT2D eigenvalue weighted by Gasteiger charge is -2.07. The number of nitrogens with zero attached hydrogens (tertiary/aromatic N) is 1. The van der Waals surface area contributed by atoms with Gasteiger partial charge in [-0.25, -0.2) is 18.1 Å². The molecule has 10 heteroatoms. The van der Waals surface area contributed by atoms with E-state index in [0.29, 0.717) is 10.2 Å². The summed E-state index contributed by atoms with van der Waals surface area (Å²) in [5.41, 5.74) is 0.484. The molecule has 0 aliphatic rings. The lowest BCUT2D eigenvalue weighted by atomic mass is 10.5. The Morgan fingerprint density at radius 3 is 2.89 bits per heavy atom. The molecule has 2 aromatic rings. The van der Waals surface area contributed by atoms with E-state index >= 15 is 0 Å². The normalized spacial score (nSPS) is 11.7. The van der Waals surface area contributed by atoms with Crippen LogP contribution in [0.3, 0.4) is 0 Å². The Morgan fingerprint density at radius 2 is 2.26 bits per heavy atom. The molecule has 102 valence electrons. The summed E-state index contributed by atoms with van der Waals surface area (Å²) in [7, 11) is -3.79. The molecule has 2 heterocycles. The third kappa shape index (κ3) is 3.63. The summed E-state index contributed by atoms with van der Waals surface area (Å²) < 4.78 is 26.9. The van der Waals surface area contributed by atoms with Crippen molar-refractivity contribution in [3.05, 3.63) is 42.6 Å². The molecule has 0 saturated carbocycles. The smallest absolute Gasteiger partial charge is 0.304 e. The van der Waals surface area contributed by atoms with Crippen LogP contribution in [-0.4, -0.2) is 18.4 Å². The van der Waals surface area contributed by atoms with Crippen molar-refractivity contribution in [2.24, 2.45) is 0 Å². The SMILES string of the molecule is O=c1[nH]c(CNS(=O)(=O)c2cc(Br)cnc2Cl)cs1. The fraction of sp³-hybridized carbons (Fsp3) is 0.111. The number of H-pyrrole nitrogens is 1. The van der Waals surface area contributed by atoms with Gasteiger partial charge in [0.15, 0.2) is 0 Å². The molecule has 2 aromatic heterocycles. The van der Waals surface area contributed by atoms with Crippen molar-refractivity contribution >= 4 is 48.9 Å². The van der Waals surface area contributed by atoms with Crippen molar-refractivity contribution in [3.63, 3.8) is 0 Å². The van der Waals surface area contributed by atoms with E-state index in [1.807, 2.05) is 0 Å². The molecule has 0 amide bonds. The van der Waals surface area contributed by atoms with E-state index in [4.69, 9.17) is 11.6 Å². The number of nitrogens with one attached hydrogen (secondary N) is 2. The van der Waals surface area contributed by atoms with E-state index in [0.717, 1.165) is 11.3 Å². The summed E-state index contributed by atoms with van der Waals surface area (Å²) in [6, 6.07) is 1.36. The van der Waals surface area contributed by atoms with E-state index in [-0.39, 0.29) is 21.5 Å². The highest BCUT2D eigenvalue weighted by Gasteiger charge is 2.19. The molecule has 2 rings (SSSR count). The van der Waals surface area contributed by atoms with E-state index < -0.39 is 10.0 Å². The Kier molecular flexibility index (Phi) is 4.41.